The highest BCUT2D eigenvalue weighted by molar-refractivity contribution is 5.47. The molecule has 2 rings (SSSR count). The van der Waals surface area contributed by atoms with E-state index in [4.69, 9.17) is 8.83 Å². The van der Waals surface area contributed by atoms with Crippen LogP contribution < -0.4 is 0 Å². The smallest absolute Gasteiger partial charge is 0.177 e. The first-order valence-electron chi connectivity index (χ1n) is 2.96. The summed E-state index contributed by atoms with van der Waals surface area (Å²) in [4.78, 5) is 0. The second kappa shape index (κ2) is 2.06. The van der Waals surface area contributed by atoms with E-state index in [9.17, 15) is 0 Å². The molecule has 0 fully saturated rings. The van der Waals surface area contributed by atoms with E-state index in [0.29, 0.717) is 11.5 Å². The Kier molecular flexibility index (Phi) is 1.10. The van der Waals surface area contributed by atoms with Gasteiger partial charge in [0.05, 0.1) is 12.5 Å². The monoisotopic (exact) mass is 133 g/mol. The van der Waals surface area contributed by atoms with Crippen LogP contribution in [-0.2, 0) is 0 Å². The highest BCUT2D eigenvalue weighted by Crippen LogP contribution is 2.18. The molecular formula is C8H5O2. The van der Waals surface area contributed by atoms with Gasteiger partial charge < -0.3 is 8.83 Å². The van der Waals surface area contributed by atoms with Crippen molar-refractivity contribution in [3.05, 3.63) is 36.8 Å². The third-order valence-corrected chi connectivity index (χ3v) is 1.21. The Bertz CT molecular complexity index is 247. The Morgan fingerprint density at radius 1 is 1.20 bits per heavy atom. The summed E-state index contributed by atoms with van der Waals surface area (Å²) < 4.78 is 10.1. The quantitative estimate of drug-likeness (QED) is 0.596. The van der Waals surface area contributed by atoms with Gasteiger partial charge in [0.2, 0.25) is 0 Å². The first kappa shape index (κ1) is 5.35. The highest BCUT2D eigenvalue weighted by Gasteiger charge is 2.00. The van der Waals surface area contributed by atoms with Crippen molar-refractivity contribution >= 4 is 0 Å². The van der Waals surface area contributed by atoms with E-state index in [2.05, 4.69) is 6.07 Å². The zero-order valence-corrected chi connectivity index (χ0v) is 5.20. The third-order valence-electron chi connectivity index (χ3n) is 1.21. The number of rotatable bonds is 1. The van der Waals surface area contributed by atoms with Crippen LogP contribution >= 0.6 is 0 Å². The van der Waals surface area contributed by atoms with Gasteiger partial charge >= 0.3 is 0 Å². The largest absolute Gasteiger partial charge is 0.461 e. The second-order valence-electron chi connectivity index (χ2n) is 1.87. The normalized spacial score (nSPS) is 10.0. The molecule has 0 N–H and O–H groups in total. The summed E-state index contributed by atoms with van der Waals surface area (Å²) in [5.41, 5.74) is 0. The lowest BCUT2D eigenvalue weighted by atomic mass is 10.3. The van der Waals surface area contributed by atoms with Gasteiger partial charge in [0.25, 0.3) is 0 Å². The zero-order valence-electron chi connectivity index (χ0n) is 5.20. The molecule has 0 amide bonds. The molecule has 0 spiro atoms. The van der Waals surface area contributed by atoms with Crippen LogP contribution in [0.15, 0.2) is 39.6 Å². The Morgan fingerprint density at radius 2 is 2.20 bits per heavy atom. The molecule has 0 saturated heterocycles. The molecule has 2 aromatic heterocycles. The predicted molar refractivity (Wildman–Crippen MR) is 35.2 cm³/mol. The first-order valence-corrected chi connectivity index (χ1v) is 2.96. The molecule has 2 nitrogen and oxygen atoms in total. The Labute approximate surface area is 58.1 Å². The molecule has 0 atom stereocenters. The minimum Gasteiger partial charge on any atom is -0.461 e. The minimum absolute atomic E-state index is 0.644. The first-order chi connectivity index (χ1) is 4.97. The molecule has 49 valence electrons. The number of furan rings is 2. The molecular weight excluding hydrogens is 128 g/mol. The molecule has 0 unspecified atom stereocenters. The van der Waals surface area contributed by atoms with Crippen molar-refractivity contribution in [2.75, 3.05) is 0 Å². The van der Waals surface area contributed by atoms with Crippen LogP contribution in [0.3, 0.4) is 0 Å². The van der Waals surface area contributed by atoms with Gasteiger partial charge in [-0.3, -0.25) is 0 Å². The van der Waals surface area contributed by atoms with Crippen LogP contribution in [0.5, 0.6) is 0 Å². The minimum atomic E-state index is 0.644. The Hall–Kier alpha value is -1.44. The fourth-order valence-corrected chi connectivity index (χ4v) is 0.783. The van der Waals surface area contributed by atoms with Gasteiger partial charge in [-0.05, 0) is 18.2 Å². The predicted octanol–water partition coefficient (Wildman–Crippen LogP) is 2.34. The molecule has 0 aliphatic rings. The van der Waals surface area contributed by atoms with Gasteiger partial charge in [0.15, 0.2) is 11.5 Å². The molecule has 0 aliphatic heterocycles. The SMILES string of the molecule is [c]1ccoc1-c1ccco1. The van der Waals surface area contributed by atoms with E-state index in [-0.39, 0.29) is 0 Å². The van der Waals surface area contributed by atoms with Crippen molar-refractivity contribution in [3.63, 3.8) is 0 Å². The van der Waals surface area contributed by atoms with E-state index in [1.54, 1.807) is 18.6 Å². The molecule has 2 heteroatoms. The molecule has 1 radical (unpaired) electrons. The van der Waals surface area contributed by atoms with Crippen LogP contribution in [-0.4, -0.2) is 0 Å². The van der Waals surface area contributed by atoms with Crippen molar-refractivity contribution in [1.29, 1.82) is 0 Å². The highest BCUT2D eigenvalue weighted by atomic mass is 16.4. The second-order valence-corrected chi connectivity index (χ2v) is 1.87. The van der Waals surface area contributed by atoms with Crippen LogP contribution in [0, 0.1) is 6.07 Å². The molecule has 2 heterocycles. The van der Waals surface area contributed by atoms with Crippen molar-refractivity contribution in [3.8, 4) is 11.5 Å². The zero-order chi connectivity index (χ0) is 6.81. The van der Waals surface area contributed by atoms with Gasteiger partial charge in [0, 0.05) is 6.07 Å². The lowest BCUT2D eigenvalue weighted by molar-refractivity contribution is 0.524. The van der Waals surface area contributed by atoms with Crippen molar-refractivity contribution < 1.29 is 8.83 Å². The molecule has 0 bridgehead atoms. The van der Waals surface area contributed by atoms with Crippen molar-refractivity contribution in [1.82, 2.24) is 0 Å². The van der Waals surface area contributed by atoms with Gasteiger partial charge in [0.1, 0.15) is 0 Å². The van der Waals surface area contributed by atoms with Crippen molar-refractivity contribution in [2.45, 2.75) is 0 Å². The van der Waals surface area contributed by atoms with E-state index < -0.39 is 0 Å². The fourth-order valence-electron chi connectivity index (χ4n) is 0.783. The molecule has 0 aliphatic carbocycles. The summed E-state index contributed by atoms with van der Waals surface area (Å²) >= 11 is 0. The molecule has 0 aromatic carbocycles. The molecule has 10 heavy (non-hydrogen) atoms. The van der Waals surface area contributed by atoms with Gasteiger partial charge in [-0.2, -0.15) is 0 Å². The van der Waals surface area contributed by atoms with Crippen LogP contribution in [0.1, 0.15) is 0 Å². The molecule has 0 saturated carbocycles. The summed E-state index contributed by atoms with van der Waals surface area (Å²) in [5, 5.41) is 0. The Balaban J connectivity index is 2.48. The molecule has 2 aromatic rings. The lowest BCUT2D eigenvalue weighted by Gasteiger charge is -1.84. The van der Waals surface area contributed by atoms with E-state index in [1.807, 2.05) is 12.1 Å². The maximum Gasteiger partial charge on any atom is 0.177 e. The summed E-state index contributed by atoms with van der Waals surface area (Å²) in [7, 11) is 0. The standard InChI is InChI=1S/C8H5O2/c1-3-7(9-5-1)8-4-2-6-10-8/h1-3,5-6H. The average molecular weight is 133 g/mol. The van der Waals surface area contributed by atoms with Gasteiger partial charge in [-0.1, -0.05) is 0 Å². The topological polar surface area (TPSA) is 26.3 Å². The maximum absolute atomic E-state index is 5.05. The number of hydrogen-bond acceptors (Lipinski definition) is 2. The lowest BCUT2D eigenvalue weighted by Crippen LogP contribution is -1.62. The Morgan fingerprint density at radius 3 is 2.80 bits per heavy atom. The van der Waals surface area contributed by atoms with Gasteiger partial charge in [-0.15, -0.1) is 0 Å². The summed E-state index contributed by atoms with van der Waals surface area (Å²) in [6, 6.07) is 8.23. The average Bonchev–Trinajstić information content (AvgIpc) is 2.59. The summed E-state index contributed by atoms with van der Waals surface area (Å²) in [6.07, 6.45) is 3.17. The third kappa shape index (κ3) is 0.739. The van der Waals surface area contributed by atoms with E-state index in [0.717, 1.165) is 0 Å². The van der Waals surface area contributed by atoms with Crippen LogP contribution in [0.2, 0.25) is 0 Å². The fraction of sp³-hybridized carbons (Fsp3) is 0. The van der Waals surface area contributed by atoms with E-state index in [1.165, 1.54) is 0 Å². The van der Waals surface area contributed by atoms with Crippen molar-refractivity contribution in [2.24, 2.45) is 0 Å². The maximum atomic E-state index is 5.05. The van der Waals surface area contributed by atoms with Crippen LogP contribution in [0.4, 0.5) is 0 Å². The summed E-state index contributed by atoms with van der Waals surface area (Å²) in [6.45, 7) is 0. The summed E-state index contributed by atoms with van der Waals surface area (Å²) in [5.74, 6) is 1.36. The van der Waals surface area contributed by atoms with Crippen LogP contribution in [0.25, 0.3) is 11.5 Å². The van der Waals surface area contributed by atoms with Gasteiger partial charge in [-0.25, -0.2) is 0 Å². The van der Waals surface area contributed by atoms with E-state index >= 15 is 0 Å². The number of hydrogen-bond donors (Lipinski definition) is 0.